The summed E-state index contributed by atoms with van der Waals surface area (Å²) in [6.45, 7) is 4.01. The second-order valence-corrected chi connectivity index (χ2v) is 3.81. The molecule has 1 atom stereocenters. The van der Waals surface area contributed by atoms with E-state index >= 15 is 0 Å². The van der Waals surface area contributed by atoms with Gasteiger partial charge in [-0.2, -0.15) is 5.10 Å². The summed E-state index contributed by atoms with van der Waals surface area (Å²) in [4.78, 5) is 0. The Morgan fingerprint density at radius 1 is 1.33 bits per heavy atom. The summed E-state index contributed by atoms with van der Waals surface area (Å²) in [6, 6.07) is 8.09. The van der Waals surface area contributed by atoms with Crippen molar-refractivity contribution in [1.82, 2.24) is 9.78 Å². The van der Waals surface area contributed by atoms with E-state index in [0.29, 0.717) is 0 Å². The summed E-state index contributed by atoms with van der Waals surface area (Å²) >= 11 is 0. The molecule has 3 nitrogen and oxygen atoms in total. The second-order valence-electron chi connectivity index (χ2n) is 3.81. The first-order chi connectivity index (χ1) is 7.18. The van der Waals surface area contributed by atoms with Crippen molar-refractivity contribution in [3.63, 3.8) is 0 Å². The molecule has 1 aromatic carbocycles. The van der Waals surface area contributed by atoms with E-state index in [4.69, 9.17) is 5.73 Å². The number of nitrogens with two attached hydrogens (primary N) is 1. The number of aromatic nitrogens is 2. The zero-order valence-corrected chi connectivity index (χ0v) is 9.01. The van der Waals surface area contributed by atoms with Gasteiger partial charge in [0.25, 0.3) is 0 Å². The maximum Gasteiger partial charge on any atom is 0.0693 e. The zero-order valence-electron chi connectivity index (χ0n) is 9.01. The van der Waals surface area contributed by atoms with Gasteiger partial charge in [-0.3, -0.25) is 0 Å². The Morgan fingerprint density at radius 3 is 2.67 bits per heavy atom. The first-order valence-corrected chi connectivity index (χ1v) is 5.04. The van der Waals surface area contributed by atoms with Crippen LogP contribution in [0, 0.1) is 6.92 Å². The van der Waals surface area contributed by atoms with Gasteiger partial charge < -0.3 is 5.73 Å². The van der Waals surface area contributed by atoms with Crippen LogP contribution in [0.15, 0.2) is 36.7 Å². The standard InChI is InChI=1S/C12H15N3/c1-9-7-14-15(8-9)12-6-4-3-5-11(12)10(2)13/h3-8,10H,13H2,1-2H3/t10-/m1/s1. The van der Waals surface area contributed by atoms with Gasteiger partial charge in [-0.1, -0.05) is 18.2 Å². The maximum absolute atomic E-state index is 5.92. The first-order valence-electron chi connectivity index (χ1n) is 5.04. The minimum Gasteiger partial charge on any atom is -0.324 e. The van der Waals surface area contributed by atoms with Crippen molar-refractivity contribution in [1.29, 1.82) is 0 Å². The summed E-state index contributed by atoms with van der Waals surface area (Å²) in [5, 5.41) is 4.29. The molecule has 0 amide bonds. The maximum atomic E-state index is 5.92. The molecule has 0 spiro atoms. The smallest absolute Gasteiger partial charge is 0.0693 e. The van der Waals surface area contributed by atoms with E-state index in [2.05, 4.69) is 5.10 Å². The van der Waals surface area contributed by atoms with Gasteiger partial charge in [0.15, 0.2) is 0 Å². The van der Waals surface area contributed by atoms with Crippen molar-refractivity contribution in [2.24, 2.45) is 5.73 Å². The number of rotatable bonds is 2. The Kier molecular flexibility index (Phi) is 2.56. The molecule has 3 heteroatoms. The van der Waals surface area contributed by atoms with Crippen molar-refractivity contribution >= 4 is 0 Å². The van der Waals surface area contributed by atoms with Crippen molar-refractivity contribution in [2.45, 2.75) is 19.9 Å². The third kappa shape index (κ3) is 1.92. The van der Waals surface area contributed by atoms with Gasteiger partial charge in [0, 0.05) is 12.2 Å². The van der Waals surface area contributed by atoms with Crippen LogP contribution in [0.3, 0.4) is 0 Å². The van der Waals surface area contributed by atoms with Gasteiger partial charge in [0.2, 0.25) is 0 Å². The van der Waals surface area contributed by atoms with Gasteiger partial charge in [0.1, 0.15) is 0 Å². The lowest BCUT2D eigenvalue weighted by Gasteiger charge is -2.11. The van der Waals surface area contributed by atoms with Crippen molar-refractivity contribution in [3.05, 3.63) is 47.8 Å². The van der Waals surface area contributed by atoms with Gasteiger partial charge in [-0.05, 0) is 31.0 Å². The van der Waals surface area contributed by atoms with Crippen LogP contribution in [0.2, 0.25) is 0 Å². The quantitative estimate of drug-likeness (QED) is 0.809. The summed E-state index contributed by atoms with van der Waals surface area (Å²) in [5.41, 5.74) is 9.23. The van der Waals surface area contributed by atoms with E-state index in [1.165, 1.54) is 0 Å². The third-order valence-corrected chi connectivity index (χ3v) is 2.39. The van der Waals surface area contributed by atoms with Crippen LogP contribution in [0.1, 0.15) is 24.1 Å². The van der Waals surface area contributed by atoms with Crippen LogP contribution < -0.4 is 5.73 Å². The molecule has 0 unspecified atom stereocenters. The van der Waals surface area contributed by atoms with E-state index < -0.39 is 0 Å². The van der Waals surface area contributed by atoms with E-state index in [1.807, 2.05) is 55.2 Å². The second kappa shape index (κ2) is 3.87. The molecule has 1 heterocycles. The van der Waals surface area contributed by atoms with Crippen LogP contribution in [0.5, 0.6) is 0 Å². The summed E-state index contributed by atoms with van der Waals surface area (Å²) < 4.78 is 1.87. The SMILES string of the molecule is Cc1cnn(-c2ccccc2[C@@H](C)N)c1. The highest BCUT2D eigenvalue weighted by Crippen LogP contribution is 2.19. The van der Waals surface area contributed by atoms with Crippen LogP contribution in [0.25, 0.3) is 5.69 Å². The molecular formula is C12H15N3. The molecule has 15 heavy (non-hydrogen) atoms. The molecule has 2 rings (SSSR count). The fourth-order valence-corrected chi connectivity index (χ4v) is 1.63. The lowest BCUT2D eigenvalue weighted by Crippen LogP contribution is -2.09. The Hall–Kier alpha value is -1.61. The molecule has 2 aromatic rings. The molecule has 0 fully saturated rings. The molecule has 0 saturated carbocycles. The van der Waals surface area contributed by atoms with Crippen molar-refractivity contribution < 1.29 is 0 Å². The number of hydrogen-bond donors (Lipinski definition) is 1. The molecular weight excluding hydrogens is 186 g/mol. The highest BCUT2D eigenvalue weighted by atomic mass is 15.3. The van der Waals surface area contributed by atoms with E-state index in [0.717, 1.165) is 16.8 Å². The Labute approximate surface area is 89.5 Å². The Bertz CT molecular complexity index is 457. The van der Waals surface area contributed by atoms with Crippen LogP contribution in [-0.4, -0.2) is 9.78 Å². The van der Waals surface area contributed by atoms with E-state index in [9.17, 15) is 0 Å². The Morgan fingerprint density at radius 2 is 2.07 bits per heavy atom. The average Bonchev–Trinajstić information content (AvgIpc) is 2.65. The molecule has 78 valence electrons. The fraction of sp³-hybridized carbons (Fsp3) is 0.250. The van der Waals surface area contributed by atoms with Crippen molar-refractivity contribution in [3.8, 4) is 5.69 Å². The number of nitrogens with zero attached hydrogens (tertiary/aromatic N) is 2. The van der Waals surface area contributed by atoms with Gasteiger partial charge in [-0.25, -0.2) is 4.68 Å². The van der Waals surface area contributed by atoms with Crippen LogP contribution in [0.4, 0.5) is 0 Å². The minimum atomic E-state index is 0.0192. The highest BCUT2D eigenvalue weighted by Gasteiger charge is 2.07. The minimum absolute atomic E-state index is 0.0192. The zero-order chi connectivity index (χ0) is 10.8. The molecule has 0 aliphatic rings. The lowest BCUT2D eigenvalue weighted by atomic mass is 10.1. The van der Waals surface area contributed by atoms with Gasteiger partial charge in [-0.15, -0.1) is 0 Å². The first kappa shape index (κ1) is 9.93. The summed E-state index contributed by atoms with van der Waals surface area (Å²) in [7, 11) is 0. The number of aryl methyl sites for hydroxylation is 1. The molecule has 2 N–H and O–H groups in total. The largest absolute Gasteiger partial charge is 0.324 e. The van der Waals surface area contributed by atoms with Crippen LogP contribution in [-0.2, 0) is 0 Å². The highest BCUT2D eigenvalue weighted by molar-refractivity contribution is 5.42. The van der Waals surface area contributed by atoms with E-state index in [1.54, 1.807) is 0 Å². The van der Waals surface area contributed by atoms with E-state index in [-0.39, 0.29) is 6.04 Å². The molecule has 0 aliphatic heterocycles. The normalized spacial score (nSPS) is 12.7. The van der Waals surface area contributed by atoms with Gasteiger partial charge >= 0.3 is 0 Å². The fourth-order valence-electron chi connectivity index (χ4n) is 1.63. The predicted molar refractivity (Wildman–Crippen MR) is 60.9 cm³/mol. The number of para-hydroxylation sites is 1. The molecule has 0 saturated heterocycles. The number of benzene rings is 1. The summed E-state index contributed by atoms with van der Waals surface area (Å²) in [5.74, 6) is 0. The predicted octanol–water partition coefficient (Wildman–Crippen LogP) is 2.20. The summed E-state index contributed by atoms with van der Waals surface area (Å²) in [6.07, 6.45) is 3.85. The molecule has 0 radical (unpaired) electrons. The average molecular weight is 201 g/mol. The number of hydrogen-bond acceptors (Lipinski definition) is 2. The van der Waals surface area contributed by atoms with Crippen molar-refractivity contribution in [2.75, 3.05) is 0 Å². The monoisotopic (exact) mass is 201 g/mol. The van der Waals surface area contributed by atoms with Crippen LogP contribution >= 0.6 is 0 Å². The Balaban J connectivity index is 2.52. The van der Waals surface area contributed by atoms with Gasteiger partial charge in [0.05, 0.1) is 11.9 Å². The molecule has 1 aromatic heterocycles. The lowest BCUT2D eigenvalue weighted by molar-refractivity contribution is 0.781. The topological polar surface area (TPSA) is 43.8 Å². The third-order valence-electron chi connectivity index (χ3n) is 2.39. The molecule has 0 aliphatic carbocycles. The molecule has 0 bridgehead atoms.